The molecule has 0 saturated heterocycles. The van der Waals surface area contributed by atoms with Crippen molar-refractivity contribution in [3.8, 4) is 0 Å². The number of hydrogen-bond acceptors (Lipinski definition) is 2. The fourth-order valence-corrected chi connectivity index (χ4v) is 2.61. The first-order chi connectivity index (χ1) is 7.54. The average molecular weight is 224 g/mol. The highest BCUT2D eigenvalue weighted by Gasteiger charge is 2.40. The number of carbonyl (C=O) groups is 1. The first-order valence-electron chi connectivity index (χ1n) is 6.39. The molecule has 1 fully saturated rings. The third-order valence-corrected chi connectivity index (χ3v) is 4.05. The zero-order valence-electron chi connectivity index (χ0n) is 10.8. The molecule has 0 amide bonds. The molecule has 1 rings (SSSR count). The monoisotopic (exact) mass is 224 g/mol. The lowest BCUT2D eigenvalue weighted by Crippen LogP contribution is -2.43. The summed E-state index contributed by atoms with van der Waals surface area (Å²) in [7, 11) is 0. The molecule has 0 unspecified atom stereocenters. The van der Waals surface area contributed by atoms with Crippen molar-refractivity contribution in [2.24, 2.45) is 11.8 Å². The van der Waals surface area contributed by atoms with Crippen LogP contribution in [0.5, 0.6) is 0 Å². The fraction of sp³-hybridized carbons (Fsp3) is 0.786. The highest BCUT2D eigenvalue weighted by Crippen LogP contribution is 2.41. The third-order valence-electron chi connectivity index (χ3n) is 4.05. The summed E-state index contributed by atoms with van der Waals surface area (Å²) in [5.41, 5.74) is -0.239. The summed E-state index contributed by atoms with van der Waals surface area (Å²) in [5, 5.41) is 0. The standard InChI is InChI=1S/C14H24O2/c1-5-12-7-9-14(10-8-12,11(3)4)16-13(15)6-2/h6,11-12H,2,5,7-10H2,1,3-4H3. The smallest absolute Gasteiger partial charge is 0.330 e. The second-order valence-corrected chi connectivity index (χ2v) is 5.20. The summed E-state index contributed by atoms with van der Waals surface area (Å²) in [6.45, 7) is 10.00. The van der Waals surface area contributed by atoms with Crippen LogP contribution in [-0.4, -0.2) is 11.6 Å². The molecule has 2 nitrogen and oxygen atoms in total. The zero-order valence-corrected chi connectivity index (χ0v) is 10.8. The van der Waals surface area contributed by atoms with Gasteiger partial charge >= 0.3 is 5.97 Å². The van der Waals surface area contributed by atoms with Gasteiger partial charge in [0.2, 0.25) is 0 Å². The molecule has 0 spiro atoms. The van der Waals surface area contributed by atoms with E-state index in [2.05, 4.69) is 27.4 Å². The molecule has 0 aliphatic heterocycles. The van der Waals surface area contributed by atoms with E-state index in [1.54, 1.807) is 0 Å². The van der Waals surface area contributed by atoms with Crippen LogP contribution in [0.4, 0.5) is 0 Å². The maximum absolute atomic E-state index is 11.4. The van der Waals surface area contributed by atoms with Gasteiger partial charge < -0.3 is 4.74 Å². The Morgan fingerprint density at radius 2 is 2.06 bits per heavy atom. The van der Waals surface area contributed by atoms with Crippen molar-refractivity contribution in [2.45, 2.75) is 58.5 Å². The molecular formula is C14H24O2. The average Bonchev–Trinajstić information content (AvgIpc) is 2.29. The van der Waals surface area contributed by atoms with E-state index in [4.69, 9.17) is 4.74 Å². The van der Waals surface area contributed by atoms with E-state index in [9.17, 15) is 4.79 Å². The van der Waals surface area contributed by atoms with Gasteiger partial charge in [-0.25, -0.2) is 4.79 Å². The lowest BCUT2D eigenvalue weighted by Gasteiger charge is -2.42. The molecule has 0 heterocycles. The maximum atomic E-state index is 11.4. The molecule has 0 aromatic heterocycles. The van der Waals surface area contributed by atoms with Gasteiger partial charge in [0, 0.05) is 6.08 Å². The van der Waals surface area contributed by atoms with Gasteiger partial charge in [-0.1, -0.05) is 33.8 Å². The molecule has 1 aliphatic rings. The molecule has 0 bridgehead atoms. The van der Waals surface area contributed by atoms with Gasteiger partial charge in [0.25, 0.3) is 0 Å². The van der Waals surface area contributed by atoms with Gasteiger partial charge in [-0.15, -0.1) is 0 Å². The molecule has 0 atom stereocenters. The molecule has 92 valence electrons. The van der Waals surface area contributed by atoms with Crippen molar-refractivity contribution in [1.29, 1.82) is 0 Å². The molecule has 0 radical (unpaired) electrons. The molecular weight excluding hydrogens is 200 g/mol. The van der Waals surface area contributed by atoms with Gasteiger partial charge in [-0.3, -0.25) is 0 Å². The van der Waals surface area contributed by atoms with Crippen LogP contribution >= 0.6 is 0 Å². The third kappa shape index (κ3) is 2.87. The van der Waals surface area contributed by atoms with Crippen LogP contribution in [0.3, 0.4) is 0 Å². The van der Waals surface area contributed by atoms with E-state index in [0.29, 0.717) is 5.92 Å². The van der Waals surface area contributed by atoms with Gasteiger partial charge in [0.1, 0.15) is 5.60 Å². The summed E-state index contributed by atoms with van der Waals surface area (Å²) in [6.07, 6.45) is 6.88. The Hall–Kier alpha value is -0.790. The molecule has 0 aromatic carbocycles. The van der Waals surface area contributed by atoms with E-state index in [0.717, 1.165) is 18.8 Å². The van der Waals surface area contributed by atoms with E-state index >= 15 is 0 Å². The summed E-state index contributed by atoms with van der Waals surface area (Å²) < 4.78 is 5.63. The van der Waals surface area contributed by atoms with Crippen molar-refractivity contribution < 1.29 is 9.53 Å². The molecule has 1 aliphatic carbocycles. The highest BCUT2D eigenvalue weighted by molar-refractivity contribution is 5.81. The first-order valence-corrected chi connectivity index (χ1v) is 6.39. The van der Waals surface area contributed by atoms with Crippen LogP contribution in [0.15, 0.2) is 12.7 Å². The molecule has 16 heavy (non-hydrogen) atoms. The second kappa shape index (κ2) is 5.51. The Labute approximate surface area is 99.1 Å². The summed E-state index contributed by atoms with van der Waals surface area (Å²) in [5.74, 6) is 0.923. The topological polar surface area (TPSA) is 26.3 Å². The quantitative estimate of drug-likeness (QED) is 0.537. The van der Waals surface area contributed by atoms with Crippen LogP contribution in [0, 0.1) is 11.8 Å². The normalized spacial score (nSPS) is 30.1. The number of hydrogen-bond donors (Lipinski definition) is 0. The van der Waals surface area contributed by atoms with E-state index < -0.39 is 0 Å². The predicted octanol–water partition coefficient (Wildman–Crippen LogP) is 3.71. The SMILES string of the molecule is C=CC(=O)OC1(C(C)C)CCC(CC)CC1. The van der Waals surface area contributed by atoms with E-state index in [-0.39, 0.29) is 11.6 Å². The number of carbonyl (C=O) groups excluding carboxylic acids is 1. The zero-order chi connectivity index (χ0) is 12.2. The maximum Gasteiger partial charge on any atom is 0.330 e. The highest BCUT2D eigenvalue weighted by atomic mass is 16.6. The van der Waals surface area contributed by atoms with Gasteiger partial charge in [0.15, 0.2) is 0 Å². The van der Waals surface area contributed by atoms with Crippen LogP contribution in [0.1, 0.15) is 52.9 Å². The van der Waals surface area contributed by atoms with Crippen LogP contribution in [-0.2, 0) is 9.53 Å². The molecule has 1 saturated carbocycles. The lowest BCUT2D eigenvalue weighted by atomic mass is 9.72. The van der Waals surface area contributed by atoms with Crippen molar-refractivity contribution in [3.63, 3.8) is 0 Å². The number of rotatable bonds is 4. The van der Waals surface area contributed by atoms with Crippen LogP contribution in [0.25, 0.3) is 0 Å². The van der Waals surface area contributed by atoms with Gasteiger partial charge in [0.05, 0.1) is 0 Å². The van der Waals surface area contributed by atoms with Crippen LogP contribution in [0.2, 0.25) is 0 Å². The fourth-order valence-electron chi connectivity index (χ4n) is 2.61. The van der Waals surface area contributed by atoms with Gasteiger partial charge in [-0.05, 0) is 37.5 Å². The lowest BCUT2D eigenvalue weighted by molar-refractivity contribution is -0.164. The van der Waals surface area contributed by atoms with Crippen molar-refractivity contribution >= 4 is 5.97 Å². The van der Waals surface area contributed by atoms with Crippen LogP contribution < -0.4 is 0 Å². The summed E-state index contributed by atoms with van der Waals surface area (Å²) >= 11 is 0. The van der Waals surface area contributed by atoms with Crippen molar-refractivity contribution in [3.05, 3.63) is 12.7 Å². The summed E-state index contributed by atoms with van der Waals surface area (Å²) in [4.78, 5) is 11.4. The predicted molar refractivity (Wildman–Crippen MR) is 66.1 cm³/mol. The van der Waals surface area contributed by atoms with Gasteiger partial charge in [-0.2, -0.15) is 0 Å². The largest absolute Gasteiger partial charge is 0.456 e. The number of ether oxygens (including phenoxy) is 1. The van der Waals surface area contributed by atoms with Crippen molar-refractivity contribution in [2.75, 3.05) is 0 Å². The number of esters is 1. The first kappa shape index (κ1) is 13.3. The molecule has 0 N–H and O–H groups in total. The minimum atomic E-state index is -0.274. The second-order valence-electron chi connectivity index (χ2n) is 5.20. The van der Waals surface area contributed by atoms with E-state index in [1.807, 2.05) is 0 Å². The molecule has 2 heteroatoms. The Morgan fingerprint density at radius 3 is 2.44 bits per heavy atom. The van der Waals surface area contributed by atoms with Crippen molar-refractivity contribution in [1.82, 2.24) is 0 Å². The van der Waals surface area contributed by atoms with E-state index in [1.165, 1.54) is 25.3 Å². The minimum Gasteiger partial charge on any atom is -0.456 e. The Balaban J connectivity index is 2.68. The Morgan fingerprint density at radius 1 is 1.50 bits per heavy atom. The Kier molecular flexibility index (Phi) is 4.57. The molecule has 0 aromatic rings. The Bertz CT molecular complexity index is 247. The minimum absolute atomic E-state index is 0.239. The summed E-state index contributed by atoms with van der Waals surface area (Å²) in [6, 6.07) is 0.